The molecule has 2 aromatic carbocycles. The van der Waals surface area contributed by atoms with E-state index < -0.39 is 0 Å². The van der Waals surface area contributed by atoms with E-state index >= 15 is 0 Å². The lowest BCUT2D eigenvalue weighted by molar-refractivity contribution is 0.101. The summed E-state index contributed by atoms with van der Waals surface area (Å²) in [7, 11) is 0. The maximum absolute atomic E-state index is 13.1. The highest BCUT2D eigenvalue weighted by atomic mass is 127. The third kappa shape index (κ3) is 2.33. The highest BCUT2D eigenvalue weighted by Gasteiger charge is 2.18. The second kappa shape index (κ2) is 5.18. The molecule has 3 aromatic rings. The van der Waals surface area contributed by atoms with Crippen LogP contribution in [0.3, 0.4) is 0 Å². The minimum Gasteiger partial charge on any atom is -0.451 e. The van der Waals surface area contributed by atoms with Crippen LogP contribution in [0.4, 0.5) is 4.39 Å². The molecule has 0 aliphatic rings. The molecule has 0 radical (unpaired) electrons. The van der Waals surface area contributed by atoms with E-state index in [1.807, 2.05) is 28.7 Å². The number of carbonyl (C=O) groups is 1. The van der Waals surface area contributed by atoms with E-state index in [4.69, 9.17) is 16.0 Å². The fourth-order valence-electron chi connectivity index (χ4n) is 1.95. The van der Waals surface area contributed by atoms with Crippen LogP contribution in [0.1, 0.15) is 16.1 Å². The zero-order valence-electron chi connectivity index (χ0n) is 9.99. The molecular formula is C15H7ClFIO2. The van der Waals surface area contributed by atoms with E-state index in [0.29, 0.717) is 19.7 Å². The fraction of sp³-hybridized carbons (Fsp3) is 0. The molecule has 20 heavy (non-hydrogen) atoms. The molecular weight excluding hydrogens is 394 g/mol. The van der Waals surface area contributed by atoms with Crippen LogP contribution >= 0.6 is 34.2 Å². The molecule has 0 saturated carbocycles. The molecule has 100 valence electrons. The normalized spacial score (nSPS) is 10.9. The first-order valence-electron chi connectivity index (χ1n) is 5.74. The van der Waals surface area contributed by atoms with Gasteiger partial charge in [-0.15, -0.1) is 0 Å². The third-order valence-electron chi connectivity index (χ3n) is 2.90. The van der Waals surface area contributed by atoms with Crippen LogP contribution in [0.15, 0.2) is 46.9 Å². The largest absolute Gasteiger partial charge is 0.451 e. The Bertz CT molecular complexity index is 826. The Labute approximate surface area is 132 Å². The molecule has 1 heterocycles. The maximum atomic E-state index is 13.1. The summed E-state index contributed by atoms with van der Waals surface area (Å²) in [5, 5.41) is 1.22. The molecule has 0 aliphatic heterocycles. The van der Waals surface area contributed by atoms with Crippen molar-refractivity contribution in [3.05, 3.63) is 68.2 Å². The Morgan fingerprint density at radius 1 is 1.20 bits per heavy atom. The first kappa shape index (κ1) is 13.6. The van der Waals surface area contributed by atoms with Crippen molar-refractivity contribution in [2.45, 2.75) is 0 Å². The second-order valence-electron chi connectivity index (χ2n) is 4.22. The van der Waals surface area contributed by atoms with E-state index in [9.17, 15) is 9.18 Å². The van der Waals surface area contributed by atoms with Crippen LogP contribution < -0.4 is 0 Å². The Balaban J connectivity index is 2.10. The minimum absolute atomic E-state index is 0.192. The van der Waals surface area contributed by atoms with E-state index in [-0.39, 0.29) is 17.4 Å². The van der Waals surface area contributed by atoms with Crippen molar-refractivity contribution in [2.24, 2.45) is 0 Å². The SMILES string of the molecule is O=C(c1cc2cccc(Cl)c2o1)c1ccc(F)cc1I. The van der Waals surface area contributed by atoms with Gasteiger partial charge in [0.2, 0.25) is 5.78 Å². The van der Waals surface area contributed by atoms with Gasteiger partial charge in [-0.2, -0.15) is 0 Å². The number of benzene rings is 2. The summed E-state index contributed by atoms with van der Waals surface area (Å²) < 4.78 is 19.1. The lowest BCUT2D eigenvalue weighted by Crippen LogP contribution is -2.02. The summed E-state index contributed by atoms with van der Waals surface area (Å²) in [6, 6.07) is 11.0. The van der Waals surface area contributed by atoms with Crippen molar-refractivity contribution in [2.75, 3.05) is 0 Å². The van der Waals surface area contributed by atoms with Gasteiger partial charge in [-0.3, -0.25) is 4.79 Å². The Kier molecular flexibility index (Phi) is 3.52. The van der Waals surface area contributed by atoms with Crippen molar-refractivity contribution in [3.63, 3.8) is 0 Å². The van der Waals surface area contributed by atoms with E-state index in [1.165, 1.54) is 18.2 Å². The Hall–Kier alpha value is -1.40. The number of furan rings is 1. The van der Waals surface area contributed by atoms with Gasteiger partial charge in [0, 0.05) is 14.5 Å². The fourth-order valence-corrected chi connectivity index (χ4v) is 2.89. The smallest absolute Gasteiger partial charge is 0.229 e. The molecule has 3 rings (SSSR count). The molecule has 0 amide bonds. The van der Waals surface area contributed by atoms with Gasteiger partial charge in [-0.25, -0.2) is 4.39 Å². The Morgan fingerprint density at radius 3 is 2.70 bits per heavy atom. The standard InChI is InChI=1S/C15H7ClFIO2/c16-11-3-1-2-8-6-13(20-15(8)11)14(19)10-5-4-9(17)7-12(10)18/h1-7H. The number of halogens is 3. The summed E-state index contributed by atoms with van der Waals surface area (Å²) in [5.41, 5.74) is 0.886. The molecule has 0 bridgehead atoms. The monoisotopic (exact) mass is 400 g/mol. The second-order valence-corrected chi connectivity index (χ2v) is 5.79. The van der Waals surface area contributed by atoms with Gasteiger partial charge in [-0.05, 0) is 52.9 Å². The zero-order chi connectivity index (χ0) is 14.3. The first-order chi connectivity index (χ1) is 9.56. The van der Waals surface area contributed by atoms with Gasteiger partial charge in [0.1, 0.15) is 5.82 Å². The molecule has 1 aromatic heterocycles. The molecule has 0 N–H and O–H groups in total. The number of rotatable bonds is 2. The van der Waals surface area contributed by atoms with E-state index in [2.05, 4.69) is 0 Å². The molecule has 5 heteroatoms. The minimum atomic E-state index is -0.376. The summed E-state index contributed by atoms with van der Waals surface area (Å²) in [5.74, 6) is -0.474. The van der Waals surface area contributed by atoms with E-state index in [1.54, 1.807) is 18.2 Å². The van der Waals surface area contributed by atoms with Crippen LogP contribution in [0, 0.1) is 9.39 Å². The summed E-state index contributed by atoms with van der Waals surface area (Å²) in [6.45, 7) is 0. The van der Waals surface area contributed by atoms with Gasteiger partial charge in [0.15, 0.2) is 11.3 Å². The van der Waals surface area contributed by atoms with Gasteiger partial charge in [0.05, 0.1) is 5.02 Å². The summed E-state index contributed by atoms with van der Waals surface area (Å²) >= 11 is 7.94. The third-order valence-corrected chi connectivity index (χ3v) is 4.09. The van der Waals surface area contributed by atoms with Crippen LogP contribution in [-0.2, 0) is 0 Å². The predicted octanol–water partition coefficient (Wildman–Crippen LogP) is 5.06. The van der Waals surface area contributed by atoms with Crippen molar-refractivity contribution < 1.29 is 13.6 Å². The molecule has 0 unspecified atom stereocenters. The molecule has 0 saturated heterocycles. The lowest BCUT2D eigenvalue weighted by Gasteiger charge is -2.01. The molecule has 0 aliphatic carbocycles. The zero-order valence-corrected chi connectivity index (χ0v) is 12.9. The molecule has 2 nitrogen and oxygen atoms in total. The predicted molar refractivity (Wildman–Crippen MR) is 83.8 cm³/mol. The summed E-state index contributed by atoms with van der Waals surface area (Å²) in [6.07, 6.45) is 0. The van der Waals surface area contributed by atoms with Crippen LogP contribution in [0.2, 0.25) is 5.02 Å². The van der Waals surface area contributed by atoms with Crippen LogP contribution in [0.5, 0.6) is 0 Å². The van der Waals surface area contributed by atoms with Gasteiger partial charge >= 0.3 is 0 Å². The number of hydrogen-bond donors (Lipinski definition) is 0. The highest BCUT2D eigenvalue weighted by molar-refractivity contribution is 14.1. The van der Waals surface area contributed by atoms with Crippen molar-refractivity contribution in [1.82, 2.24) is 0 Å². The summed E-state index contributed by atoms with van der Waals surface area (Å²) in [4.78, 5) is 12.4. The molecule has 0 fully saturated rings. The van der Waals surface area contributed by atoms with Crippen molar-refractivity contribution in [3.8, 4) is 0 Å². The maximum Gasteiger partial charge on any atom is 0.229 e. The Morgan fingerprint density at radius 2 is 2.00 bits per heavy atom. The molecule has 0 spiro atoms. The van der Waals surface area contributed by atoms with Gasteiger partial charge < -0.3 is 4.42 Å². The number of ketones is 1. The van der Waals surface area contributed by atoms with Crippen LogP contribution in [0.25, 0.3) is 11.0 Å². The quantitative estimate of drug-likeness (QED) is 0.444. The van der Waals surface area contributed by atoms with E-state index in [0.717, 1.165) is 5.39 Å². The number of para-hydroxylation sites is 1. The van der Waals surface area contributed by atoms with Gasteiger partial charge in [0.25, 0.3) is 0 Å². The lowest BCUT2D eigenvalue weighted by atomic mass is 10.1. The average molecular weight is 401 g/mol. The molecule has 0 atom stereocenters. The average Bonchev–Trinajstić information content (AvgIpc) is 2.83. The number of carbonyl (C=O) groups excluding carboxylic acids is 1. The first-order valence-corrected chi connectivity index (χ1v) is 7.20. The highest BCUT2D eigenvalue weighted by Crippen LogP contribution is 2.28. The van der Waals surface area contributed by atoms with Crippen molar-refractivity contribution in [1.29, 1.82) is 0 Å². The van der Waals surface area contributed by atoms with Gasteiger partial charge in [-0.1, -0.05) is 23.7 Å². The number of fused-ring (bicyclic) bond motifs is 1. The van der Waals surface area contributed by atoms with Crippen LogP contribution in [-0.4, -0.2) is 5.78 Å². The topological polar surface area (TPSA) is 30.2 Å². The van der Waals surface area contributed by atoms with Crippen molar-refractivity contribution >= 4 is 50.9 Å². The number of hydrogen-bond acceptors (Lipinski definition) is 2.